The number of halogens is 2. The van der Waals surface area contributed by atoms with Crippen LogP contribution in [-0.2, 0) is 6.54 Å². The summed E-state index contributed by atoms with van der Waals surface area (Å²) < 4.78 is 0.920. The monoisotopic (exact) mass is 341 g/mol. The van der Waals surface area contributed by atoms with E-state index in [1.165, 1.54) is 11.3 Å². The Labute approximate surface area is 133 Å². The van der Waals surface area contributed by atoms with E-state index in [0.717, 1.165) is 15.0 Å². The minimum atomic E-state index is -0.166. The van der Waals surface area contributed by atoms with E-state index in [2.05, 4.69) is 5.32 Å². The van der Waals surface area contributed by atoms with E-state index >= 15 is 0 Å². The maximum atomic E-state index is 12.2. The Morgan fingerprint density at radius 3 is 2.75 bits per heavy atom. The molecule has 2 heterocycles. The van der Waals surface area contributed by atoms with Crippen molar-refractivity contribution < 1.29 is 4.79 Å². The van der Waals surface area contributed by atoms with E-state index in [0.29, 0.717) is 21.5 Å². The summed E-state index contributed by atoms with van der Waals surface area (Å²) in [5.74, 6) is -0.166. The number of rotatable bonds is 3. The zero-order valence-electron chi connectivity index (χ0n) is 10.2. The molecule has 102 valence electrons. The summed E-state index contributed by atoms with van der Waals surface area (Å²) in [4.78, 5) is 13.8. The highest BCUT2D eigenvalue weighted by Gasteiger charge is 2.18. The highest BCUT2D eigenvalue weighted by Crippen LogP contribution is 2.39. The van der Waals surface area contributed by atoms with Crippen LogP contribution in [0.25, 0.3) is 10.1 Å². The number of fused-ring (bicyclic) bond motifs is 1. The van der Waals surface area contributed by atoms with Crippen LogP contribution in [0, 0.1) is 0 Å². The van der Waals surface area contributed by atoms with Crippen LogP contribution in [0.1, 0.15) is 14.5 Å². The van der Waals surface area contributed by atoms with Crippen molar-refractivity contribution in [2.24, 2.45) is 0 Å². The molecule has 0 aliphatic carbocycles. The van der Waals surface area contributed by atoms with Crippen LogP contribution in [0.2, 0.25) is 10.0 Å². The molecular weight excluding hydrogens is 333 g/mol. The first-order valence-electron chi connectivity index (χ1n) is 5.84. The molecule has 3 aromatic rings. The number of benzene rings is 1. The average molecular weight is 342 g/mol. The Morgan fingerprint density at radius 1 is 1.20 bits per heavy atom. The number of nitrogens with one attached hydrogen (secondary N) is 1. The van der Waals surface area contributed by atoms with E-state index in [4.69, 9.17) is 23.2 Å². The predicted molar refractivity (Wildman–Crippen MR) is 87.3 cm³/mol. The molecule has 0 aliphatic rings. The molecule has 0 spiro atoms. The number of carbonyl (C=O) groups excluding carboxylic acids is 1. The lowest BCUT2D eigenvalue weighted by molar-refractivity contribution is 0.0955. The van der Waals surface area contributed by atoms with Gasteiger partial charge in [0, 0.05) is 15.0 Å². The molecule has 2 aromatic heterocycles. The van der Waals surface area contributed by atoms with Gasteiger partial charge in [0.25, 0.3) is 5.91 Å². The van der Waals surface area contributed by atoms with E-state index in [1.807, 2.05) is 29.6 Å². The first-order chi connectivity index (χ1) is 9.66. The van der Waals surface area contributed by atoms with Gasteiger partial charge in [-0.1, -0.05) is 35.3 Å². The SMILES string of the molecule is O=C(NCc1cccs1)c1sc2cccc(Cl)c2c1Cl. The van der Waals surface area contributed by atoms with Crippen LogP contribution >= 0.6 is 45.9 Å². The quantitative estimate of drug-likeness (QED) is 0.696. The van der Waals surface area contributed by atoms with Crippen LogP contribution in [0.15, 0.2) is 35.7 Å². The number of thiophene rings is 2. The van der Waals surface area contributed by atoms with Gasteiger partial charge in [0.15, 0.2) is 0 Å². The van der Waals surface area contributed by atoms with Crippen molar-refractivity contribution in [3.05, 3.63) is 55.5 Å². The van der Waals surface area contributed by atoms with Crippen LogP contribution in [0.4, 0.5) is 0 Å². The topological polar surface area (TPSA) is 29.1 Å². The fraction of sp³-hybridized carbons (Fsp3) is 0.0714. The number of carbonyl (C=O) groups is 1. The van der Waals surface area contributed by atoms with Crippen molar-refractivity contribution in [3.63, 3.8) is 0 Å². The van der Waals surface area contributed by atoms with Gasteiger partial charge in [-0.25, -0.2) is 0 Å². The molecule has 0 fully saturated rings. The van der Waals surface area contributed by atoms with Crippen LogP contribution in [0.3, 0.4) is 0 Å². The zero-order valence-corrected chi connectivity index (χ0v) is 13.3. The molecule has 6 heteroatoms. The normalized spacial score (nSPS) is 10.9. The van der Waals surface area contributed by atoms with Crippen molar-refractivity contribution in [1.29, 1.82) is 0 Å². The second-order valence-electron chi connectivity index (χ2n) is 4.12. The van der Waals surface area contributed by atoms with Crippen molar-refractivity contribution in [2.45, 2.75) is 6.54 Å². The van der Waals surface area contributed by atoms with E-state index in [-0.39, 0.29) is 5.91 Å². The van der Waals surface area contributed by atoms with Crippen molar-refractivity contribution in [2.75, 3.05) is 0 Å². The molecule has 0 saturated carbocycles. The minimum absolute atomic E-state index is 0.166. The maximum absolute atomic E-state index is 12.2. The second-order valence-corrected chi connectivity index (χ2v) is 6.99. The summed E-state index contributed by atoms with van der Waals surface area (Å²) in [6.07, 6.45) is 0. The summed E-state index contributed by atoms with van der Waals surface area (Å²) >= 11 is 15.4. The Bertz CT molecular complexity index is 765. The van der Waals surface area contributed by atoms with Crippen LogP contribution in [0.5, 0.6) is 0 Å². The van der Waals surface area contributed by atoms with Crippen LogP contribution < -0.4 is 5.32 Å². The van der Waals surface area contributed by atoms with Crippen molar-refractivity contribution in [3.8, 4) is 0 Å². The lowest BCUT2D eigenvalue weighted by Crippen LogP contribution is -2.21. The van der Waals surface area contributed by atoms with Crippen molar-refractivity contribution >= 4 is 61.9 Å². The third-order valence-electron chi connectivity index (χ3n) is 2.82. The number of hydrogen-bond donors (Lipinski definition) is 1. The molecule has 1 amide bonds. The summed E-state index contributed by atoms with van der Waals surface area (Å²) in [6.45, 7) is 0.509. The molecule has 0 radical (unpaired) electrons. The first kappa shape index (κ1) is 13.9. The van der Waals surface area contributed by atoms with Crippen molar-refractivity contribution in [1.82, 2.24) is 5.32 Å². The lowest BCUT2D eigenvalue weighted by atomic mass is 10.2. The zero-order chi connectivity index (χ0) is 14.1. The molecule has 0 bridgehead atoms. The Hall–Kier alpha value is -1.07. The highest BCUT2D eigenvalue weighted by atomic mass is 35.5. The fourth-order valence-electron chi connectivity index (χ4n) is 1.88. The minimum Gasteiger partial charge on any atom is -0.346 e. The first-order valence-corrected chi connectivity index (χ1v) is 8.29. The molecule has 20 heavy (non-hydrogen) atoms. The van der Waals surface area contributed by atoms with E-state index in [1.54, 1.807) is 17.4 Å². The molecule has 0 unspecified atom stereocenters. The molecule has 3 rings (SSSR count). The summed E-state index contributed by atoms with van der Waals surface area (Å²) in [5, 5.41) is 6.61. The molecule has 1 aromatic carbocycles. The van der Waals surface area contributed by atoms with E-state index < -0.39 is 0 Å². The van der Waals surface area contributed by atoms with Gasteiger partial charge in [-0.15, -0.1) is 22.7 Å². The Balaban J connectivity index is 1.88. The molecule has 0 saturated heterocycles. The fourth-order valence-corrected chi connectivity index (χ4v) is 4.39. The Kier molecular flexibility index (Phi) is 3.98. The van der Waals surface area contributed by atoms with Gasteiger partial charge >= 0.3 is 0 Å². The standard InChI is InChI=1S/C14H9Cl2NOS2/c15-9-4-1-5-10-11(9)12(16)13(20-10)14(18)17-7-8-3-2-6-19-8/h1-6H,7H2,(H,17,18). The molecule has 2 nitrogen and oxygen atoms in total. The van der Waals surface area contributed by atoms with Gasteiger partial charge in [-0.3, -0.25) is 4.79 Å². The second kappa shape index (κ2) is 5.74. The smallest absolute Gasteiger partial charge is 0.263 e. The largest absolute Gasteiger partial charge is 0.346 e. The highest BCUT2D eigenvalue weighted by molar-refractivity contribution is 7.21. The third kappa shape index (κ3) is 2.56. The van der Waals surface area contributed by atoms with Gasteiger partial charge in [0.05, 0.1) is 16.6 Å². The summed E-state index contributed by atoms with van der Waals surface area (Å²) in [6, 6.07) is 9.47. The van der Waals surface area contributed by atoms with E-state index in [9.17, 15) is 4.79 Å². The van der Waals surface area contributed by atoms with Gasteiger partial charge < -0.3 is 5.32 Å². The van der Waals surface area contributed by atoms with Gasteiger partial charge in [0.1, 0.15) is 4.88 Å². The lowest BCUT2D eigenvalue weighted by Gasteiger charge is -2.01. The van der Waals surface area contributed by atoms with Gasteiger partial charge in [-0.05, 0) is 23.6 Å². The molecule has 0 atom stereocenters. The molecule has 0 aliphatic heterocycles. The molecule has 1 N–H and O–H groups in total. The van der Waals surface area contributed by atoms with Crippen LogP contribution in [-0.4, -0.2) is 5.91 Å². The maximum Gasteiger partial charge on any atom is 0.263 e. The summed E-state index contributed by atoms with van der Waals surface area (Å²) in [5.41, 5.74) is 0. The number of hydrogen-bond acceptors (Lipinski definition) is 3. The van der Waals surface area contributed by atoms with Gasteiger partial charge in [0.2, 0.25) is 0 Å². The average Bonchev–Trinajstić information content (AvgIpc) is 3.05. The Morgan fingerprint density at radius 2 is 2.05 bits per heavy atom. The summed E-state index contributed by atoms with van der Waals surface area (Å²) in [7, 11) is 0. The van der Waals surface area contributed by atoms with Gasteiger partial charge in [-0.2, -0.15) is 0 Å². The molecular formula is C14H9Cl2NOS2. The number of amides is 1. The predicted octanol–water partition coefficient (Wildman–Crippen LogP) is 5.20. The third-order valence-corrected chi connectivity index (χ3v) is 5.65.